The fourth-order valence-electron chi connectivity index (χ4n) is 3.88. The predicted octanol–water partition coefficient (Wildman–Crippen LogP) is 5.41. The van der Waals surface area contributed by atoms with Crippen molar-refractivity contribution >= 4 is 29.3 Å². The third-order valence-electron chi connectivity index (χ3n) is 5.61. The Bertz CT molecular complexity index is 1250. The van der Waals surface area contributed by atoms with E-state index in [0.717, 1.165) is 27.9 Å². The lowest BCUT2D eigenvalue weighted by atomic mass is 9.82. The molecule has 6 nitrogen and oxygen atoms in total. The number of hydrogen-bond acceptors (Lipinski definition) is 6. The molecule has 0 radical (unpaired) electrons. The summed E-state index contributed by atoms with van der Waals surface area (Å²) in [5.41, 5.74) is 6.06. The second kappa shape index (κ2) is 11.6. The van der Waals surface area contributed by atoms with Gasteiger partial charge in [0.15, 0.2) is 0 Å². The molecule has 2 N–H and O–H groups in total. The summed E-state index contributed by atoms with van der Waals surface area (Å²) in [6.07, 6.45) is 1.50. The van der Waals surface area contributed by atoms with Gasteiger partial charge in [-0.05, 0) is 44.9 Å². The van der Waals surface area contributed by atoms with Crippen LogP contribution in [0.5, 0.6) is 0 Å². The average Bonchev–Trinajstić information content (AvgIpc) is 2.83. The van der Waals surface area contributed by atoms with Crippen molar-refractivity contribution in [3.63, 3.8) is 0 Å². The summed E-state index contributed by atoms with van der Waals surface area (Å²) in [5, 5.41) is 16.8. The number of nitrogens with one attached hydrogen (secondary N) is 2. The molecule has 0 aliphatic carbocycles. The Balaban J connectivity index is 1.89. The van der Waals surface area contributed by atoms with Crippen LogP contribution in [0.25, 0.3) is 0 Å². The van der Waals surface area contributed by atoms with E-state index in [1.54, 1.807) is 6.92 Å². The number of benzene rings is 2. The van der Waals surface area contributed by atoms with Crippen molar-refractivity contribution in [2.75, 3.05) is 17.7 Å². The molecule has 1 unspecified atom stereocenters. The van der Waals surface area contributed by atoms with Crippen molar-refractivity contribution in [1.29, 1.82) is 5.26 Å². The highest BCUT2D eigenvalue weighted by atomic mass is 32.2. The molecule has 1 aliphatic heterocycles. The monoisotopic (exact) mass is 487 g/mol. The lowest BCUT2D eigenvalue weighted by Gasteiger charge is -2.29. The van der Waals surface area contributed by atoms with Gasteiger partial charge in [-0.3, -0.25) is 4.79 Å². The Labute approximate surface area is 210 Å². The van der Waals surface area contributed by atoms with Gasteiger partial charge < -0.3 is 15.4 Å². The summed E-state index contributed by atoms with van der Waals surface area (Å²) in [6.45, 7) is 11.4. The van der Waals surface area contributed by atoms with Crippen LogP contribution in [0.3, 0.4) is 0 Å². The molecule has 7 heteroatoms. The molecule has 0 saturated heterocycles. The summed E-state index contributed by atoms with van der Waals surface area (Å²) < 4.78 is 5.33. The molecule has 3 rings (SSSR count). The molecule has 1 heterocycles. The average molecular weight is 488 g/mol. The second-order valence-electron chi connectivity index (χ2n) is 8.40. The number of ether oxygens (including phenoxy) is 1. The van der Waals surface area contributed by atoms with Crippen molar-refractivity contribution in [3.8, 4) is 6.07 Å². The smallest absolute Gasteiger partial charge is 0.337 e. The zero-order valence-electron chi connectivity index (χ0n) is 20.4. The van der Waals surface area contributed by atoms with Crippen LogP contribution < -0.4 is 10.6 Å². The number of allylic oxidation sites excluding steroid dienone is 2. The van der Waals surface area contributed by atoms with Gasteiger partial charge in [-0.15, -0.1) is 0 Å². The number of thioether (sulfide) groups is 1. The first-order valence-corrected chi connectivity index (χ1v) is 12.2. The van der Waals surface area contributed by atoms with Crippen LogP contribution in [0.15, 0.2) is 77.0 Å². The fourth-order valence-corrected chi connectivity index (χ4v) is 4.77. The molecular weight excluding hydrogens is 458 g/mol. The molecule has 35 heavy (non-hydrogen) atoms. The summed E-state index contributed by atoms with van der Waals surface area (Å²) >= 11 is 1.23. The van der Waals surface area contributed by atoms with E-state index in [2.05, 4.69) is 23.3 Å². The number of rotatable bonds is 8. The number of dihydropyridines is 1. The lowest BCUT2D eigenvalue weighted by molar-refractivity contribution is -0.138. The molecule has 2 aromatic carbocycles. The first kappa shape index (κ1) is 25.9. The van der Waals surface area contributed by atoms with Crippen LogP contribution in [0, 0.1) is 32.1 Å². The van der Waals surface area contributed by atoms with E-state index in [1.807, 2.05) is 63.2 Å². The third-order valence-corrected chi connectivity index (χ3v) is 6.63. The molecule has 1 atom stereocenters. The lowest BCUT2D eigenvalue weighted by Crippen LogP contribution is -2.29. The topological polar surface area (TPSA) is 91.2 Å². The maximum absolute atomic E-state index is 12.9. The highest BCUT2D eigenvalue weighted by Gasteiger charge is 2.35. The molecule has 0 bridgehead atoms. The fraction of sp³-hybridized carbons (Fsp3) is 0.250. The highest BCUT2D eigenvalue weighted by molar-refractivity contribution is 8.03. The van der Waals surface area contributed by atoms with E-state index < -0.39 is 11.9 Å². The van der Waals surface area contributed by atoms with E-state index >= 15 is 0 Å². The van der Waals surface area contributed by atoms with Crippen molar-refractivity contribution in [1.82, 2.24) is 5.32 Å². The normalized spacial score (nSPS) is 15.2. The Hall–Kier alpha value is -3.76. The van der Waals surface area contributed by atoms with Gasteiger partial charge >= 0.3 is 5.97 Å². The standard InChI is InChI=1S/C28H29N3O3S/c1-6-13-34-28(33)25-20(5)30-27(22(15-29)26(25)21-10-7-17(2)8-11-21)35-16-24(32)31-23-12-9-18(3)14-19(23)4/h6-12,14,26,30H,1,13,16H2,2-5H3,(H,31,32). The maximum atomic E-state index is 12.9. The largest absolute Gasteiger partial charge is 0.458 e. The van der Waals surface area contributed by atoms with Gasteiger partial charge in [0.2, 0.25) is 5.91 Å². The third kappa shape index (κ3) is 6.23. The Kier molecular flexibility index (Phi) is 8.56. The van der Waals surface area contributed by atoms with Crippen molar-refractivity contribution in [2.45, 2.75) is 33.6 Å². The molecule has 0 spiro atoms. The van der Waals surface area contributed by atoms with Crippen LogP contribution in [0.2, 0.25) is 0 Å². The quantitative estimate of drug-likeness (QED) is 0.382. The SMILES string of the molecule is C=CCOC(=O)C1=C(C)NC(SCC(=O)Nc2ccc(C)cc2C)=C(C#N)C1c1ccc(C)cc1. The number of aryl methyl sites for hydroxylation is 3. The summed E-state index contributed by atoms with van der Waals surface area (Å²) in [4.78, 5) is 25.6. The van der Waals surface area contributed by atoms with Crippen LogP contribution in [-0.4, -0.2) is 24.2 Å². The number of carbonyl (C=O) groups excluding carboxylic acids is 2. The molecule has 180 valence electrons. The molecule has 1 aliphatic rings. The van der Waals surface area contributed by atoms with E-state index in [0.29, 0.717) is 21.9 Å². The van der Waals surface area contributed by atoms with Gasteiger partial charge in [0.1, 0.15) is 6.61 Å². The van der Waals surface area contributed by atoms with Gasteiger partial charge in [0, 0.05) is 11.4 Å². The summed E-state index contributed by atoms with van der Waals surface area (Å²) in [5.74, 6) is -1.20. The second-order valence-corrected chi connectivity index (χ2v) is 9.39. The Morgan fingerprint density at radius 1 is 1.14 bits per heavy atom. The minimum atomic E-state index is -0.607. The number of nitriles is 1. The van der Waals surface area contributed by atoms with Gasteiger partial charge in [-0.1, -0.05) is 71.9 Å². The van der Waals surface area contributed by atoms with Crippen LogP contribution in [-0.2, 0) is 14.3 Å². The predicted molar refractivity (Wildman–Crippen MR) is 141 cm³/mol. The van der Waals surface area contributed by atoms with Gasteiger partial charge in [0.05, 0.1) is 33.9 Å². The van der Waals surface area contributed by atoms with Crippen LogP contribution in [0.1, 0.15) is 35.1 Å². The molecule has 2 aromatic rings. The van der Waals surface area contributed by atoms with E-state index in [4.69, 9.17) is 4.74 Å². The number of hydrogen-bond donors (Lipinski definition) is 2. The Morgan fingerprint density at radius 3 is 2.46 bits per heavy atom. The van der Waals surface area contributed by atoms with Crippen molar-refractivity contribution in [2.24, 2.45) is 0 Å². The number of anilines is 1. The molecule has 0 fully saturated rings. The first-order valence-electron chi connectivity index (χ1n) is 11.2. The maximum Gasteiger partial charge on any atom is 0.337 e. The molecule has 0 aromatic heterocycles. The number of esters is 1. The number of carbonyl (C=O) groups is 2. The van der Waals surface area contributed by atoms with E-state index in [-0.39, 0.29) is 18.3 Å². The first-order chi connectivity index (χ1) is 16.7. The minimum Gasteiger partial charge on any atom is -0.458 e. The van der Waals surface area contributed by atoms with Gasteiger partial charge in [-0.2, -0.15) is 5.26 Å². The molecule has 1 amide bonds. The number of nitrogens with zero attached hydrogens (tertiary/aromatic N) is 1. The van der Waals surface area contributed by atoms with Gasteiger partial charge in [0.25, 0.3) is 0 Å². The van der Waals surface area contributed by atoms with Crippen LogP contribution >= 0.6 is 11.8 Å². The summed E-state index contributed by atoms with van der Waals surface area (Å²) in [7, 11) is 0. The minimum absolute atomic E-state index is 0.0715. The van der Waals surface area contributed by atoms with Crippen molar-refractivity contribution < 1.29 is 14.3 Å². The summed E-state index contributed by atoms with van der Waals surface area (Å²) in [6, 6.07) is 15.8. The number of amides is 1. The zero-order valence-corrected chi connectivity index (χ0v) is 21.2. The van der Waals surface area contributed by atoms with E-state index in [9.17, 15) is 14.9 Å². The van der Waals surface area contributed by atoms with E-state index in [1.165, 1.54) is 17.8 Å². The molecular formula is C28H29N3O3S. The van der Waals surface area contributed by atoms with Crippen molar-refractivity contribution in [3.05, 3.63) is 99.2 Å². The Morgan fingerprint density at radius 2 is 1.83 bits per heavy atom. The zero-order chi connectivity index (χ0) is 25.5. The highest BCUT2D eigenvalue weighted by Crippen LogP contribution is 2.41. The van der Waals surface area contributed by atoms with Crippen LogP contribution in [0.4, 0.5) is 5.69 Å². The molecule has 0 saturated carbocycles. The van der Waals surface area contributed by atoms with Gasteiger partial charge in [-0.25, -0.2) is 4.79 Å².